The van der Waals surface area contributed by atoms with Gasteiger partial charge in [-0.3, -0.25) is 0 Å². The van der Waals surface area contributed by atoms with Gasteiger partial charge in [-0.25, -0.2) is 0 Å². The highest BCUT2D eigenvalue weighted by Gasteiger charge is 2.92. The SMILES string of the molecule is CC12c3ccccc3NC(Nc3ccccc3)C1(C)C21c2ccccc2N2c3ccccc3N(c3ccccc3)C21. The molecule has 5 aromatic carbocycles. The zero-order chi connectivity index (χ0) is 27.4. The van der Waals surface area contributed by atoms with E-state index in [1.54, 1.807) is 0 Å². The molecule has 3 heterocycles. The van der Waals surface area contributed by atoms with Gasteiger partial charge in [0.2, 0.25) is 0 Å². The van der Waals surface area contributed by atoms with Crippen LogP contribution in [0.25, 0.3) is 0 Å². The third-order valence-corrected chi connectivity index (χ3v) is 10.9. The van der Waals surface area contributed by atoms with Crippen molar-refractivity contribution < 1.29 is 0 Å². The van der Waals surface area contributed by atoms with Crippen LogP contribution < -0.4 is 20.4 Å². The number of hydrogen-bond acceptors (Lipinski definition) is 4. The molecule has 0 radical (unpaired) electrons. The number of nitrogens with zero attached hydrogens (tertiary/aromatic N) is 2. The molecule has 0 aromatic heterocycles. The van der Waals surface area contributed by atoms with E-state index in [9.17, 15) is 0 Å². The van der Waals surface area contributed by atoms with E-state index in [1.165, 1.54) is 39.6 Å². The zero-order valence-electron chi connectivity index (χ0n) is 23.3. The van der Waals surface area contributed by atoms with E-state index in [2.05, 4.69) is 168 Å². The summed E-state index contributed by atoms with van der Waals surface area (Å²) < 4.78 is 0. The quantitative estimate of drug-likeness (QED) is 0.244. The molecule has 200 valence electrons. The Morgan fingerprint density at radius 2 is 1.15 bits per heavy atom. The van der Waals surface area contributed by atoms with Gasteiger partial charge in [-0.1, -0.05) is 98.8 Å². The number of rotatable bonds is 3. The predicted molar refractivity (Wildman–Crippen MR) is 168 cm³/mol. The summed E-state index contributed by atoms with van der Waals surface area (Å²) in [6.07, 6.45) is 0.0851. The summed E-state index contributed by atoms with van der Waals surface area (Å²) in [5.41, 5.74) is 9.71. The Hall–Kier alpha value is -4.70. The molecule has 4 heteroatoms. The van der Waals surface area contributed by atoms with Gasteiger partial charge in [0, 0.05) is 33.6 Å². The summed E-state index contributed by atoms with van der Waals surface area (Å²) >= 11 is 0. The number of para-hydroxylation sites is 6. The molecule has 41 heavy (non-hydrogen) atoms. The molecule has 4 nitrogen and oxygen atoms in total. The van der Waals surface area contributed by atoms with Crippen molar-refractivity contribution in [2.75, 3.05) is 20.4 Å². The van der Waals surface area contributed by atoms with Crippen molar-refractivity contribution in [3.63, 3.8) is 0 Å². The van der Waals surface area contributed by atoms with Crippen LogP contribution in [0.1, 0.15) is 25.0 Å². The number of hydrogen-bond donors (Lipinski definition) is 2. The molecule has 5 unspecified atom stereocenters. The maximum absolute atomic E-state index is 3.99. The van der Waals surface area contributed by atoms with Crippen LogP contribution >= 0.6 is 0 Å². The van der Waals surface area contributed by atoms with E-state index in [0.29, 0.717) is 0 Å². The molecule has 3 aliphatic heterocycles. The van der Waals surface area contributed by atoms with Gasteiger partial charge in [0.1, 0.15) is 12.3 Å². The predicted octanol–water partition coefficient (Wildman–Crippen LogP) is 8.40. The van der Waals surface area contributed by atoms with Crippen molar-refractivity contribution in [3.8, 4) is 0 Å². The number of fused-ring (bicyclic) bond motifs is 12. The van der Waals surface area contributed by atoms with Crippen molar-refractivity contribution in [1.82, 2.24) is 0 Å². The Morgan fingerprint density at radius 3 is 1.88 bits per heavy atom. The van der Waals surface area contributed by atoms with Gasteiger partial charge in [-0.05, 0) is 59.7 Å². The minimum Gasteiger partial charge on any atom is -0.365 e. The van der Waals surface area contributed by atoms with Crippen molar-refractivity contribution in [2.24, 2.45) is 5.41 Å². The van der Waals surface area contributed by atoms with Gasteiger partial charge >= 0.3 is 0 Å². The first-order valence-corrected chi connectivity index (χ1v) is 14.6. The second-order valence-electron chi connectivity index (χ2n) is 12.2. The molecule has 9 rings (SSSR count). The minimum absolute atomic E-state index is 0.0131. The molecular weight excluding hydrogens is 500 g/mol. The van der Waals surface area contributed by atoms with Gasteiger partial charge in [0.05, 0.1) is 16.8 Å². The van der Waals surface area contributed by atoms with Crippen molar-refractivity contribution in [2.45, 2.75) is 37.0 Å². The lowest BCUT2D eigenvalue weighted by Crippen LogP contribution is -2.49. The van der Waals surface area contributed by atoms with Crippen LogP contribution in [-0.2, 0) is 10.8 Å². The third kappa shape index (κ3) is 2.49. The van der Waals surface area contributed by atoms with Gasteiger partial charge in [-0.15, -0.1) is 0 Å². The molecular formula is C37H32N4. The Kier molecular flexibility index (Phi) is 4.35. The van der Waals surface area contributed by atoms with Crippen LogP contribution in [0.5, 0.6) is 0 Å². The smallest absolute Gasteiger partial charge is 0.122 e. The van der Waals surface area contributed by atoms with Gasteiger partial charge in [0.25, 0.3) is 0 Å². The average molecular weight is 533 g/mol. The maximum Gasteiger partial charge on any atom is 0.122 e. The Labute approximate surface area is 241 Å². The van der Waals surface area contributed by atoms with Crippen LogP contribution in [0.2, 0.25) is 0 Å². The molecule has 1 aliphatic carbocycles. The molecule has 5 aromatic rings. The molecule has 0 saturated heterocycles. The largest absolute Gasteiger partial charge is 0.365 e. The van der Waals surface area contributed by atoms with Gasteiger partial charge in [0.15, 0.2) is 0 Å². The van der Waals surface area contributed by atoms with Crippen molar-refractivity contribution in [1.29, 1.82) is 0 Å². The molecule has 2 N–H and O–H groups in total. The normalized spacial score (nSPS) is 29.6. The Bertz CT molecular complexity index is 1800. The minimum atomic E-state index is -0.225. The van der Waals surface area contributed by atoms with E-state index < -0.39 is 0 Å². The second-order valence-corrected chi connectivity index (χ2v) is 12.2. The average Bonchev–Trinajstić information content (AvgIpc) is 3.25. The standard InChI is InChI=1S/C37H32N4/c1-35-27-19-9-11-21-29(27)39-33(38-25-15-5-3-6-16-25)36(35,2)37(35)28-20-10-12-22-30(28)41-32-24-14-13-23-31(32)40(34(37)41)26-17-7-4-8-18-26/h3-24,33-34,38-39H,1-2H3. The summed E-state index contributed by atoms with van der Waals surface area (Å²) in [6, 6.07) is 48.7. The zero-order valence-corrected chi connectivity index (χ0v) is 23.3. The number of benzene rings is 5. The fraction of sp³-hybridized carbons (Fsp3) is 0.189. The second kappa shape index (κ2) is 7.73. The molecule has 0 bridgehead atoms. The van der Waals surface area contributed by atoms with Crippen LogP contribution in [0.15, 0.2) is 133 Å². The number of anilines is 6. The Balaban J connectivity index is 1.35. The molecule has 1 fully saturated rings. The molecule has 0 amide bonds. The number of nitrogens with one attached hydrogen (secondary N) is 2. The van der Waals surface area contributed by atoms with Crippen molar-refractivity contribution >= 4 is 34.1 Å². The lowest BCUT2D eigenvalue weighted by molar-refractivity contribution is 0.372. The van der Waals surface area contributed by atoms with E-state index >= 15 is 0 Å². The van der Waals surface area contributed by atoms with E-state index in [-0.39, 0.29) is 28.6 Å². The summed E-state index contributed by atoms with van der Waals surface area (Å²) in [4.78, 5) is 5.25. The van der Waals surface area contributed by atoms with Crippen LogP contribution in [-0.4, -0.2) is 12.3 Å². The van der Waals surface area contributed by atoms with Gasteiger partial charge < -0.3 is 20.4 Å². The fourth-order valence-corrected chi connectivity index (χ4v) is 9.20. The topological polar surface area (TPSA) is 30.5 Å². The lowest BCUT2D eigenvalue weighted by Gasteiger charge is -2.38. The molecule has 1 spiro atoms. The highest BCUT2D eigenvalue weighted by atomic mass is 15.5. The van der Waals surface area contributed by atoms with Crippen LogP contribution in [0.4, 0.5) is 34.1 Å². The van der Waals surface area contributed by atoms with Crippen LogP contribution in [0.3, 0.4) is 0 Å². The maximum atomic E-state index is 3.99. The highest BCUT2D eigenvalue weighted by molar-refractivity contribution is 5.96. The summed E-state index contributed by atoms with van der Waals surface area (Å²) in [5.74, 6) is 0. The first-order valence-electron chi connectivity index (χ1n) is 14.6. The molecule has 1 saturated carbocycles. The Morgan fingerprint density at radius 1 is 0.585 bits per heavy atom. The summed E-state index contributed by atoms with van der Waals surface area (Å²) in [7, 11) is 0. The first kappa shape index (κ1) is 23.0. The monoisotopic (exact) mass is 532 g/mol. The first-order chi connectivity index (χ1) is 20.1. The molecule has 5 atom stereocenters. The van der Waals surface area contributed by atoms with E-state index in [0.717, 1.165) is 5.69 Å². The summed E-state index contributed by atoms with van der Waals surface area (Å²) in [6.45, 7) is 5.04. The lowest BCUT2D eigenvalue weighted by atomic mass is 9.81. The molecule has 4 aliphatic rings. The summed E-state index contributed by atoms with van der Waals surface area (Å²) in [5, 5.41) is 7.96. The third-order valence-electron chi connectivity index (χ3n) is 10.9. The van der Waals surface area contributed by atoms with Gasteiger partial charge in [-0.2, -0.15) is 0 Å². The fourth-order valence-electron chi connectivity index (χ4n) is 9.20. The van der Waals surface area contributed by atoms with Crippen LogP contribution in [0, 0.1) is 5.41 Å². The van der Waals surface area contributed by atoms with E-state index in [1.807, 2.05) is 0 Å². The van der Waals surface area contributed by atoms with E-state index in [4.69, 9.17) is 0 Å². The highest BCUT2D eigenvalue weighted by Crippen LogP contribution is 2.87. The van der Waals surface area contributed by atoms with Crippen molar-refractivity contribution in [3.05, 3.63) is 145 Å².